The molecular weight excluding hydrogens is 162 g/mol. The van der Waals surface area contributed by atoms with Gasteiger partial charge in [-0.05, 0) is 26.7 Å². The van der Waals surface area contributed by atoms with Gasteiger partial charge < -0.3 is 4.74 Å². The molecule has 0 bridgehead atoms. The third-order valence-corrected chi connectivity index (χ3v) is 2.79. The summed E-state index contributed by atoms with van der Waals surface area (Å²) in [7, 11) is 0. The van der Waals surface area contributed by atoms with Gasteiger partial charge in [-0.3, -0.25) is 4.90 Å². The zero-order valence-electron chi connectivity index (χ0n) is 9.58. The number of ether oxygens (including phenoxy) is 1. The Morgan fingerprint density at radius 3 is 2.23 bits per heavy atom. The van der Waals surface area contributed by atoms with Crippen LogP contribution in [0.5, 0.6) is 0 Å². The minimum atomic E-state index is 0.392. The standard InChI is InChI=1S/C11H23NO/c1-8(2)11-7-12(9(3)4)6-10(5)13-11/h8-11H,6-7H2,1-5H3/t10-,11+/m0/s1. The van der Waals surface area contributed by atoms with Gasteiger partial charge in [0.15, 0.2) is 0 Å². The van der Waals surface area contributed by atoms with Gasteiger partial charge in [0.1, 0.15) is 0 Å². The second-order valence-corrected chi connectivity index (χ2v) is 4.78. The molecule has 1 aliphatic rings. The van der Waals surface area contributed by atoms with Crippen LogP contribution in [-0.4, -0.2) is 36.2 Å². The van der Waals surface area contributed by atoms with Crippen LogP contribution in [-0.2, 0) is 4.74 Å². The first-order chi connectivity index (χ1) is 6.00. The number of rotatable bonds is 2. The lowest BCUT2D eigenvalue weighted by Gasteiger charge is -2.40. The van der Waals surface area contributed by atoms with Gasteiger partial charge in [-0.1, -0.05) is 13.8 Å². The van der Waals surface area contributed by atoms with Crippen LogP contribution < -0.4 is 0 Å². The summed E-state index contributed by atoms with van der Waals surface area (Å²) >= 11 is 0. The van der Waals surface area contributed by atoms with Gasteiger partial charge in [0, 0.05) is 19.1 Å². The van der Waals surface area contributed by atoms with E-state index in [-0.39, 0.29) is 0 Å². The predicted octanol–water partition coefficient (Wildman–Crippen LogP) is 2.14. The van der Waals surface area contributed by atoms with E-state index in [1.807, 2.05) is 0 Å². The van der Waals surface area contributed by atoms with Gasteiger partial charge in [0.2, 0.25) is 0 Å². The second-order valence-electron chi connectivity index (χ2n) is 4.78. The van der Waals surface area contributed by atoms with E-state index in [1.165, 1.54) is 0 Å². The highest BCUT2D eigenvalue weighted by Gasteiger charge is 2.28. The molecule has 1 rings (SSSR count). The molecule has 0 N–H and O–H groups in total. The SMILES string of the molecule is CC(C)[C@H]1CN(C(C)C)C[C@H](C)O1. The fourth-order valence-electron chi connectivity index (χ4n) is 1.81. The third-order valence-electron chi connectivity index (χ3n) is 2.79. The van der Waals surface area contributed by atoms with Crippen molar-refractivity contribution in [3.8, 4) is 0 Å². The molecule has 0 saturated carbocycles. The fourth-order valence-corrected chi connectivity index (χ4v) is 1.81. The molecule has 78 valence electrons. The van der Waals surface area contributed by atoms with Crippen molar-refractivity contribution in [1.82, 2.24) is 4.90 Å². The molecule has 1 saturated heterocycles. The molecule has 1 heterocycles. The Morgan fingerprint density at radius 2 is 1.77 bits per heavy atom. The number of hydrogen-bond acceptors (Lipinski definition) is 2. The lowest BCUT2D eigenvalue weighted by molar-refractivity contribution is -0.102. The Kier molecular flexibility index (Phi) is 3.74. The zero-order valence-corrected chi connectivity index (χ0v) is 9.58. The predicted molar refractivity (Wildman–Crippen MR) is 55.9 cm³/mol. The summed E-state index contributed by atoms with van der Waals surface area (Å²) < 4.78 is 5.89. The van der Waals surface area contributed by atoms with Crippen LogP contribution in [0, 0.1) is 5.92 Å². The van der Waals surface area contributed by atoms with Crippen LogP contribution >= 0.6 is 0 Å². The Morgan fingerprint density at radius 1 is 1.15 bits per heavy atom. The van der Waals surface area contributed by atoms with Crippen LogP contribution in [0.15, 0.2) is 0 Å². The Bertz CT molecular complexity index is 140. The van der Waals surface area contributed by atoms with E-state index in [0.29, 0.717) is 24.2 Å². The minimum absolute atomic E-state index is 0.392. The van der Waals surface area contributed by atoms with Crippen LogP contribution in [0.1, 0.15) is 34.6 Å². The van der Waals surface area contributed by atoms with Gasteiger partial charge in [0.25, 0.3) is 0 Å². The molecule has 0 aromatic rings. The molecule has 0 radical (unpaired) electrons. The van der Waals surface area contributed by atoms with E-state index in [0.717, 1.165) is 13.1 Å². The second kappa shape index (κ2) is 4.43. The normalized spacial score (nSPS) is 31.6. The van der Waals surface area contributed by atoms with Crippen molar-refractivity contribution in [2.75, 3.05) is 13.1 Å². The van der Waals surface area contributed by atoms with Crippen molar-refractivity contribution < 1.29 is 4.74 Å². The highest BCUT2D eigenvalue weighted by atomic mass is 16.5. The van der Waals surface area contributed by atoms with E-state index >= 15 is 0 Å². The minimum Gasteiger partial charge on any atom is -0.372 e. The van der Waals surface area contributed by atoms with E-state index in [9.17, 15) is 0 Å². The van der Waals surface area contributed by atoms with Crippen LogP contribution in [0.2, 0.25) is 0 Å². The van der Waals surface area contributed by atoms with Crippen LogP contribution in [0.4, 0.5) is 0 Å². The van der Waals surface area contributed by atoms with Crippen molar-refractivity contribution in [3.63, 3.8) is 0 Å². The average molecular weight is 185 g/mol. The topological polar surface area (TPSA) is 12.5 Å². The summed E-state index contributed by atoms with van der Waals surface area (Å²) in [6.45, 7) is 13.3. The molecule has 0 unspecified atom stereocenters. The van der Waals surface area contributed by atoms with Crippen LogP contribution in [0.25, 0.3) is 0 Å². The summed E-state index contributed by atoms with van der Waals surface area (Å²) in [5, 5.41) is 0. The van der Waals surface area contributed by atoms with Crippen molar-refractivity contribution in [1.29, 1.82) is 0 Å². The Labute approximate surface area is 82.3 Å². The van der Waals surface area contributed by atoms with Gasteiger partial charge >= 0.3 is 0 Å². The molecule has 0 aromatic carbocycles. The van der Waals surface area contributed by atoms with Gasteiger partial charge in [-0.2, -0.15) is 0 Å². The maximum absolute atomic E-state index is 5.89. The monoisotopic (exact) mass is 185 g/mol. The number of hydrogen-bond donors (Lipinski definition) is 0. The van der Waals surface area contributed by atoms with Crippen LogP contribution in [0.3, 0.4) is 0 Å². The van der Waals surface area contributed by atoms with E-state index in [4.69, 9.17) is 4.74 Å². The zero-order chi connectivity index (χ0) is 10.0. The molecular formula is C11H23NO. The third kappa shape index (κ3) is 2.96. The van der Waals surface area contributed by atoms with Gasteiger partial charge in [-0.25, -0.2) is 0 Å². The first-order valence-electron chi connectivity index (χ1n) is 5.40. The molecule has 2 nitrogen and oxygen atoms in total. The highest BCUT2D eigenvalue weighted by molar-refractivity contribution is 4.79. The van der Waals surface area contributed by atoms with Crippen molar-refractivity contribution in [2.45, 2.75) is 52.9 Å². The maximum atomic E-state index is 5.89. The van der Waals surface area contributed by atoms with E-state index in [1.54, 1.807) is 0 Å². The fraction of sp³-hybridized carbons (Fsp3) is 1.00. The summed E-state index contributed by atoms with van der Waals surface area (Å²) in [4.78, 5) is 2.51. The van der Waals surface area contributed by atoms with E-state index in [2.05, 4.69) is 39.5 Å². The molecule has 13 heavy (non-hydrogen) atoms. The molecule has 1 aliphatic heterocycles. The van der Waals surface area contributed by atoms with Crippen molar-refractivity contribution in [2.24, 2.45) is 5.92 Å². The lowest BCUT2D eigenvalue weighted by Crippen LogP contribution is -2.50. The summed E-state index contributed by atoms with van der Waals surface area (Å²) in [5.74, 6) is 0.629. The highest BCUT2D eigenvalue weighted by Crippen LogP contribution is 2.18. The molecule has 0 spiro atoms. The first kappa shape index (κ1) is 11.0. The van der Waals surface area contributed by atoms with Gasteiger partial charge in [0.05, 0.1) is 12.2 Å². The number of nitrogens with zero attached hydrogens (tertiary/aromatic N) is 1. The molecule has 2 atom stereocenters. The largest absolute Gasteiger partial charge is 0.372 e. The summed E-state index contributed by atoms with van der Waals surface area (Å²) in [6, 6.07) is 0.646. The molecule has 0 aliphatic carbocycles. The maximum Gasteiger partial charge on any atom is 0.0729 e. The van der Waals surface area contributed by atoms with Crippen molar-refractivity contribution >= 4 is 0 Å². The van der Waals surface area contributed by atoms with E-state index < -0.39 is 0 Å². The van der Waals surface area contributed by atoms with Crippen molar-refractivity contribution in [3.05, 3.63) is 0 Å². The summed E-state index contributed by atoms with van der Waals surface area (Å²) in [5.41, 5.74) is 0. The molecule has 0 amide bonds. The molecule has 2 heteroatoms. The average Bonchev–Trinajstić information content (AvgIpc) is 2.03. The smallest absolute Gasteiger partial charge is 0.0729 e. The first-order valence-corrected chi connectivity index (χ1v) is 5.40. The number of morpholine rings is 1. The Balaban J connectivity index is 2.52. The summed E-state index contributed by atoms with van der Waals surface area (Å²) in [6.07, 6.45) is 0.815. The quantitative estimate of drug-likeness (QED) is 0.653. The molecule has 1 fully saturated rings. The van der Waals surface area contributed by atoms with Gasteiger partial charge in [-0.15, -0.1) is 0 Å². The lowest BCUT2D eigenvalue weighted by atomic mass is 10.0. The Hall–Kier alpha value is -0.0800. The molecule has 0 aromatic heterocycles.